The molecule has 0 saturated heterocycles. The van der Waals surface area contributed by atoms with Crippen LogP contribution in [0.2, 0.25) is 0 Å². The lowest BCUT2D eigenvalue weighted by molar-refractivity contribution is 0.666. The number of hydrogen-bond acceptors (Lipinski definition) is 2. The normalized spacial score (nSPS) is 13.7. The fourth-order valence-electron chi connectivity index (χ4n) is 6.70. The lowest BCUT2D eigenvalue weighted by Crippen LogP contribution is -2.15. The van der Waals surface area contributed by atoms with E-state index in [2.05, 4.69) is 127 Å². The maximum Gasteiger partial charge on any atom is 0.116 e. The van der Waals surface area contributed by atoms with Crippen molar-refractivity contribution in [2.24, 2.45) is 0 Å². The third kappa shape index (κ3) is 2.73. The Hall–Kier alpha value is -4.76. The van der Waals surface area contributed by atoms with E-state index in [-0.39, 0.29) is 5.41 Å². The summed E-state index contributed by atoms with van der Waals surface area (Å²) in [6.45, 7) is 4.68. The maximum atomic E-state index is 4.87. The van der Waals surface area contributed by atoms with Crippen LogP contribution in [0.1, 0.15) is 25.0 Å². The van der Waals surface area contributed by atoms with E-state index in [1.807, 2.05) is 6.20 Å². The van der Waals surface area contributed by atoms with Crippen LogP contribution in [-0.2, 0) is 5.41 Å². The van der Waals surface area contributed by atoms with Crippen LogP contribution in [0.25, 0.3) is 60.6 Å². The van der Waals surface area contributed by atoms with Gasteiger partial charge < -0.3 is 4.57 Å². The summed E-state index contributed by atoms with van der Waals surface area (Å²) in [4.78, 5) is 9.35. The van der Waals surface area contributed by atoms with Crippen LogP contribution in [-0.4, -0.2) is 14.5 Å². The molecule has 180 valence electrons. The molecular weight excluding hydrogens is 462 g/mol. The zero-order chi connectivity index (χ0) is 25.4. The Morgan fingerprint density at radius 3 is 2.24 bits per heavy atom. The third-order valence-electron chi connectivity index (χ3n) is 8.34. The van der Waals surface area contributed by atoms with Gasteiger partial charge in [0.2, 0.25) is 0 Å². The van der Waals surface area contributed by atoms with Crippen molar-refractivity contribution in [3.8, 4) is 27.9 Å². The minimum Gasteiger partial charge on any atom is -0.306 e. The topological polar surface area (TPSA) is 30.7 Å². The highest BCUT2D eigenvalue weighted by molar-refractivity contribution is 6.14. The predicted molar refractivity (Wildman–Crippen MR) is 157 cm³/mol. The summed E-state index contributed by atoms with van der Waals surface area (Å²) in [5.74, 6) is 0. The van der Waals surface area contributed by atoms with Crippen molar-refractivity contribution in [2.75, 3.05) is 0 Å². The summed E-state index contributed by atoms with van der Waals surface area (Å²) in [6, 6.07) is 37.2. The molecule has 1 aliphatic carbocycles. The second-order valence-corrected chi connectivity index (χ2v) is 10.7. The predicted octanol–water partition coefficient (Wildman–Crippen LogP) is 8.70. The molecular formula is C35H25N3. The molecule has 8 rings (SSSR count). The van der Waals surface area contributed by atoms with Gasteiger partial charge in [-0.1, -0.05) is 105 Å². The number of rotatable bonds is 2. The van der Waals surface area contributed by atoms with Crippen LogP contribution in [0.5, 0.6) is 0 Å². The monoisotopic (exact) mass is 487 g/mol. The minimum absolute atomic E-state index is 0.130. The lowest BCUT2D eigenvalue weighted by Gasteiger charge is -2.22. The molecule has 2 heterocycles. The van der Waals surface area contributed by atoms with Gasteiger partial charge in [0.1, 0.15) is 11.8 Å². The molecule has 0 aliphatic heterocycles. The molecule has 0 radical (unpaired) electrons. The van der Waals surface area contributed by atoms with E-state index >= 15 is 0 Å². The van der Waals surface area contributed by atoms with Gasteiger partial charge >= 0.3 is 0 Å². The molecule has 0 fully saturated rings. The van der Waals surface area contributed by atoms with Crippen LogP contribution in [0.4, 0.5) is 0 Å². The summed E-state index contributed by atoms with van der Waals surface area (Å²) in [5.41, 5.74) is 12.0. The Morgan fingerprint density at radius 1 is 0.632 bits per heavy atom. The molecule has 0 N–H and O–H groups in total. The Labute approximate surface area is 221 Å². The molecule has 5 aromatic carbocycles. The van der Waals surface area contributed by atoms with Crippen LogP contribution < -0.4 is 0 Å². The van der Waals surface area contributed by atoms with Gasteiger partial charge in [0.25, 0.3) is 0 Å². The first-order valence-corrected chi connectivity index (χ1v) is 13.1. The standard InChI is InChI=1S/C35H25N3/c1-35(2)28-15-9-8-13-25(28)27-17-19-30-32(33(27)35)34-31(20-36-21-37-34)38(30)29-18-16-23(22-10-4-3-5-11-22)24-12-6-7-14-26(24)29/h3-21H,1-2H3. The van der Waals surface area contributed by atoms with Crippen molar-refractivity contribution in [3.63, 3.8) is 0 Å². The molecule has 1 aliphatic rings. The van der Waals surface area contributed by atoms with Crippen LogP contribution in [0.3, 0.4) is 0 Å². The molecule has 38 heavy (non-hydrogen) atoms. The smallest absolute Gasteiger partial charge is 0.116 e. The van der Waals surface area contributed by atoms with Crippen molar-refractivity contribution in [1.82, 2.24) is 14.5 Å². The fraction of sp³-hybridized carbons (Fsp3) is 0.0857. The Bertz CT molecular complexity index is 2050. The van der Waals surface area contributed by atoms with Crippen LogP contribution in [0.15, 0.2) is 116 Å². The number of aromatic nitrogens is 3. The molecule has 0 unspecified atom stereocenters. The average Bonchev–Trinajstić information content (AvgIpc) is 3.42. The van der Waals surface area contributed by atoms with Crippen molar-refractivity contribution < 1.29 is 0 Å². The van der Waals surface area contributed by atoms with Gasteiger partial charge in [0, 0.05) is 16.2 Å². The number of fused-ring (bicyclic) bond motifs is 8. The molecule has 0 saturated carbocycles. The molecule has 3 nitrogen and oxygen atoms in total. The highest BCUT2D eigenvalue weighted by Gasteiger charge is 2.38. The first kappa shape index (κ1) is 21.3. The van der Waals surface area contributed by atoms with Gasteiger partial charge in [-0.25, -0.2) is 9.97 Å². The summed E-state index contributed by atoms with van der Waals surface area (Å²) in [7, 11) is 0. The van der Waals surface area contributed by atoms with Crippen molar-refractivity contribution in [2.45, 2.75) is 19.3 Å². The van der Waals surface area contributed by atoms with E-state index in [0.717, 1.165) is 22.2 Å². The zero-order valence-electron chi connectivity index (χ0n) is 21.3. The Morgan fingerprint density at radius 2 is 1.37 bits per heavy atom. The second kappa shape index (κ2) is 7.62. The number of hydrogen-bond donors (Lipinski definition) is 0. The molecule has 0 atom stereocenters. The van der Waals surface area contributed by atoms with Gasteiger partial charge in [-0.05, 0) is 50.9 Å². The SMILES string of the molecule is CC1(C)c2ccccc2-c2ccc3c(c21)c1ncncc1n3-c1ccc(-c2ccccc2)c2ccccc12. The van der Waals surface area contributed by atoms with Gasteiger partial charge in [-0.15, -0.1) is 0 Å². The summed E-state index contributed by atoms with van der Waals surface area (Å²) in [5, 5.41) is 3.66. The largest absolute Gasteiger partial charge is 0.306 e. The molecule has 3 heteroatoms. The van der Waals surface area contributed by atoms with Crippen LogP contribution in [0, 0.1) is 0 Å². The summed E-state index contributed by atoms with van der Waals surface area (Å²) >= 11 is 0. The molecule has 7 aromatic rings. The lowest BCUT2D eigenvalue weighted by atomic mass is 9.81. The van der Waals surface area contributed by atoms with E-state index in [9.17, 15) is 0 Å². The molecule has 0 amide bonds. The summed E-state index contributed by atoms with van der Waals surface area (Å²) in [6.07, 6.45) is 3.64. The molecule has 2 aromatic heterocycles. The minimum atomic E-state index is -0.130. The van der Waals surface area contributed by atoms with E-state index in [1.54, 1.807) is 6.33 Å². The van der Waals surface area contributed by atoms with Crippen molar-refractivity contribution >= 4 is 32.7 Å². The van der Waals surface area contributed by atoms with E-state index < -0.39 is 0 Å². The summed E-state index contributed by atoms with van der Waals surface area (Å²) < 4.78 is 2.36. The Kier molecular flexibility index (Phi) is 4.28. The molecule has 0 spiro atoms. The first-order chi connectivity index (χ1) is 18.6. The molecule has 0 bridgehead atoms. The third-order valence-corrected chi connectivity index (χ3v) is 8.34. The van der Waals surface area contributed by atoms with Gasteiger partial charge in [-0.3, -0.25) is 0 Å². The number of nitrogens with zero attached hydrogens (tertiary/aromatic N) is 3. The first-order valence-electron chi connectivity index (χ1n) is 13.1. The zero-order valence-corrected chi connectivity index (χ0v) is 21.3. The van der Waals surface area contributed by atoms with Crippen molar-refractivity contribution in [1.29, 1.82) is 0 Å². The van der Waals surface area contributed by atoms with Crippen LogP contribution >= 0.6 is 0 Å². The van der Waals surface area contributed by atoms with E-state index in [0.29, 0.717) is 0 Å². The second-order valence-electron chi connectivity index (χ2n) is 10.7. The van der Waals surface area contributed by atoms with Crippen molar-refractivity contribution in [3.05, 3.63) is 127 Å². The highest BCUT2D eigenvalue weighted by atomic mass is 15.0. The fourth-order valence-corrected chi connectivity index (χ4v) is 6.70. The Balaban J connectivity index is 1.50. The average molecular weight is 488 g/mol. The van der Waals surface area contributed by atoms with Gasteiger partial charge in [0.15, 0.2) is 0 Å². The van der Waals surface area contributed by atoms with Gasteiger partial charge in [-0.2, -0.15) is 0 Å². The maximum absolute atomic E-state index is 4.87. The quantitative estimate of drug-likeness (QED) is 0.244. The highest BCUT2D eigenvalue weighted by Crippen LogP contribution is 2.53. The van der Waals surface area contributed by atoms with E-state index in [4.69, 9.17) is 4.98 Å². The van der Waals surface area contributed by atoms with Gasteiger partial charge in [0.05, 0.1) is 22.9 Å². The van der Waals surface area contributed by atoms with E-state index in [1.165, 1.54) is 49.5 Å². The number of benzene rings is 5.